The van der Waals surface area contributed by atoms with E-state index in [1.54, 1.807) is 0 Å². The first kappa shape index (κ1) is 39.3. The van der Waals surface area contributed by atoms with E-state index in [9.17, 15) is 56.1 Å². The Morgan fingerprint density at radius 3 is 1.36 bits per heavy atom. The molecule has 2 rings (SSSR count). The Kier molecular flexibility index (Phi) is 14.1. The van der Waals surface area contributed by atoms with Crippen LogP contribution in [0.15, 0.2) is 18.7 Å². The van der Waals surface area contributed by atoms with Crippen LogP contribution >= 0.6 is 22.7 Å². The molecule has 0 saturated heterocycles. The molecule has 47 heavy (non-hydrogen) atoms. The van der Waals surface area contributed by atoms with Crippen LogP contribution in [0.5, 0.6) is 0 Å². The molecule has 0 spiro atoms. The number of carboxylic acid groups (broad SMARTS) is 3. The first-order valence-corrected chi connectivity index (χ1v) is 17.4. The molecular formula is C20H29N11O12S4-2. The zero-order valence-electron chi connectivity index (χ0n) is 24.6. The van der Waals surface area contributed by atoms with Crippen molar-refractivity contribution in [3.63, 3.8) is 0 Å². The number of carboxylic acids is 3. The third kappa shape index (κ3) is 13.8. The van der Waals surface area contributed by atoms with Gasteiger partial charge in [0, 0.05) is 53.4 Å². The topological polar surface area (TPSA) is 342 Å². The van der Waals surface area contributed by atoms with Crippen molar-refractivity contribution >= 4 is 72.4 Å². The highest BCUT2D eigenvalue weighted by atomic mass is 32.3. The smallest absolute Gasteiger partial charge is 0.317 e. The van der Waals surface area contributed by atoms with Crippen LogP contribution in [0.1, 0.15) is 0 Å². The molecule has 0 aromatic carbocycles. The minimum atomic E-state index is -4.18. The fourth-order valence-electron chi connectivity index (χ4n) is 3.57. The average Bonchev–Trinajstić information content (AvgIpc) is 3.46. The molecule has 0 saturated carbocycles. The predicted molar refractivity (Wildman–Crippen MR) is 153 cm³/mol. The molecule has 2 aromatic heterocycles. The minimum Gasteiger partial charge on any atom is -0.549 e. The van der Waals surface area contributed by atoms with Crippen LogP contribution in [0, 0.1) is 0 Å². The van der Waals surface area contributed by atoms with Gasteiger partial charge in [-0.05, 0) is 0 Å². The third-order valence-electron chi connectivity index (χ3n) is 5.55. The molecule has 23 nitrogen and oxygen atoms in total. The largest absolute Gasteiger partial charge is 0.549 e. The predicted octanol–water partition coefficient (Wildman–Crippen LogP) is -8.38. The second kappa shape index (κ2) is 16.8. The normalized spacial score (nSPS) is 13.2. The summed E-state index contributed by atoms with van der Waals surface area (Å²) >= 11 is 0.998. The van der Waals surface area contributed by atoms with Crippen molar-refractivity contribution in [2.75, 3.05) is 58.9 Å². The summed E-state index contributed by atoms with van der Waals surface area (Å²) in [5, 5.41) is 49.3. The molecule has 2 heterocycles. The molecule has 27 heteroatoms. The first-order chi connectivity index (χ1) is 21.6. The fraction of sp³-hybridized carbons (Fsp3) is 0.550. The van der Waals surface area contributed by atoms with Crippen molar-refractivity contribution in [2.45, 2.75) is 8.68 Å². The Balaban J connectivity index is 2.16. The van der Waals surface area contributed by atoms with Crippen LogP contribution in [-0.4, -0.2) is 145 Å². The van der Waals surface area contributed by atoms with Gasteiger partial charge >= 0.3 is 5.97 Å². The maximum Gasteiger partial charge on any atom is 0.317 e. The lowest BCUT2D eigenvalue weighted by atomic mass is 10.3. The van der Waals surface area contributed by atoms with E-state index < -0.39 is 91.2 Å². The molecule has 5 N–H and O–H groups in total. The molecule has 0 radical (unpaired) electrons. The van der Waals surface area contributed by atoms with Gasteiger partial charge in [0.1, 0.15) is 0 Å². The zero-order valence-corrected chi connectivity index (χ0v) is 27.9. The lowest BCUT2D eigenvalue weighted by Crippen LogP contribution is -2.48. The molecule has 0 aliphatic carbocycles. The monoisotopic (exact) mass is 743 g/mol. The molecule has 2 aromatic rings. The van der Waals surface area contributed by atoms with E-state index in [1.165, 1.54) is 19.0 Å². The Hall–Kier alpha value is -3.83. The summed E-state index contributed by atoms with van der Waals surface area (Å²) in [6.07, 6.45) is 0. The SMILES string of the molecule is Cn1nc(S(N)(=O)=O)sc1=NC(=O)CN(CCN(CCN(CC(=O)O)CC(=O)N=c1sc(S(N)(=O)=O)nn1C)CC(=O)[O-])CC(=O)[O-]. The van der Waals surface area contributed by atoms with Gasteiger partial charge in [-0.1, -0.05) is 22.7 Å². The molecule has 0 bridgehead atoms. The van der Waals surface area contributed by atoms with Crippen molar-refractivity contribution in [3.05, 3.63) is 9.60 Å². The van der Waals surface area contributed by atoms with Crippen LogP contribution < -0.4 is 30.1 Å². The van der Waals surface area contributed by atoms with Gasteiger partial charge < -0.3 is 24.9 Å². The lowest BCUT2D eigenvalue weighted by Gasteiger charge is -2.29. The number of nitrogens with zero attached hydrogens (tertiary/aromatic N) is 9. The Labute approximate surface area is 273 Å². The van der Waals surface area contributed by atoms with Crippen molar-refractivity contribution in [2.24, 2.45) is 34.4 Å². The number of aryl methyl sites for hydroxylation is 2. The molecule has 0 fully saturated rings. The number of carbonyl (C=O) groups excluding carboxylic acids is 4. The van der Waals surface area contributed by atoms with Gasteiger partial charge in [0.15, 0.2) is 0 Å². The summed E-state index contributed by atoms with van der Waals surface area (Å²) < 4.78 is 47.0. The molecule has 0 aliphatic heterocycles. The summed E-state index contributed by atoms with van der Waals surface area (Å²) in [6, 6.07) is 0. The van der Waals surface area contributed by atoms with Gasteiger partial charge in [-0.25, -0.2) is 36.5 Å². The third-order valence-corrected chi connectivity index (χ3v) is 10.2. The summed E-state index contributed by atoms with van der Waals surface area (Å²) in [4.78, 5) is 69.8. The maximum atomic E-state index is 12.6. The summed E-state index contributed by atoms with van der Waals surface area (Å²) in [7, 11) is -5.75. The summed E-state index contributed by atoms with van der Waals surface area (Å²) in [6.45, 7) is -4.15. The highest BCUT2D eigenvalue weighted by Gasteiger charge is 2.20. The van der Waals surface area contributed by atoms with E-state index in [0.29, 0.717) is 22.7 Å². The quantitative estimate of drug-likeness (QED) is 0.128. The number of aromatic nitrogens is 4. The minimum absolute atomic E-state index is 0.142. The highest BCUT2D eigenvalue weighted by Crippen LogP contribution is 2.06. The number of carbonyl (C=O) groups is 5. The molecule has 262 valence electrons. The van der Waals surface area contributed by atoms with Crippen LogP contribution in [-0.2, 0) is 58.1 Å². The van der Waals surface area contributed by atoms with Crippen molar-refractivity contribution in [1.29, 1.82) is 0 Å². The number of rotatable bonds is 18. The van der Waals surface area contributed by atoms with E-state index in [1.807, 2.05) is 0 Å². The van der Waals surface area contributed by atoms with E-state index in [4.69, 9.17) is 10.3 Å². The van der Waals surface area contributed by atoms with E-state index in [0.717, 1.165) is 19.2 Å². The number of primary sulfonamides is 2. The van der Waals surface area contributed by atoms with Crippen molar-refractivity contribution in [1.82, 2.24) is 34.3 Å². The van der Waals surface area contributed by atoms with E-state index in [2.05, 4.69) is 20.2 Å². The van der Waals surface area contributed by atoms with Gasteiger partial charge in [0.05, 0.1) is 31.6 Å². The number of sulfonamides is 2. The van der Waals surface area contributed by atoms with Gasteiger partial charge in [-0.2, -0.15) is 9.98 Å². The molecule has 0 unspecified atom stereocenters. The van der Waals surface area contributed by atoms with Crippen molar-refractivity contribution in [3.8, 4) is 0 Å². The number of hydrogen-bond acceptors (Lipinski definition) is 18. The van der Waals surface area contributed by atoms with E-state index in [-0.39, 0.29) is 35.8 Å². The number of hydrogen-bond donors (Lipinski definition) is 3. The maximum absolute atomic E-state index is 12.6. The number of aliphatic carboxylic acids is 3. The van der Waals surface area contributed by atoms with Crippen LogP contribution in [0.3, 0.4) is 0 Å². The Morgan fingerprint density at radius 2 is 1.04 bits per heavy atom. The van der Waals surface area contributed by atoms with Gasteiger partial charge in [-0.3, -0.25) is 29.1 Å². The van der Waals surface area contributed by atoms with Crippen LogP contribution in [0.2, 0.25) is 0 Å². The fourth-order valence-corrected chi connectivity index (χ4v) is 6.70. The first-order valence-electron chi connectivity index (χ1n) is 12.7. The lowest BCUT2D eigenvalue weighted by molar-refractivity contribution is -0.308. The zero-order chi connectivity index (χ0) is 35.7. The van der Waals surface area contributed by atoms with Crippen molar-refractivity contribution < 1.29 is 56.1 Å². The van der Waals surface area contributed by atoms with Gasteiger partial charge in [0.2, 0.25) is 18.3 Å². The standard InChI is InChI=1S/C20H31N11O12S4/c1-27-17(44-19(25-27)46(21,40)41)23-12(32)7-30(10-15(36)37)5-3-29(9-14(34)35)4-6-31(11-16(38)39)8-13(33)24-18-28(2)26-20(45-18)47(22,42)43/h3-11H2,1-2H3,(H,34,35)(H,36,37)(H,38,39)(H2,21,40,41)(H2,22,42,43)/p-2. The molecule has 0 aliphatic rings. The van der Waals surface area contributed by atoms with Gasteiger partial charge in [-0.15, -0.1) is 10.2 Å². The second-order valence-electron chi connectivity index (χ2n) is 9.48. The number of amides is 2. The Bertz CT molecular complexity index is 1730. The molecule has 2 amide bonds. The molecular weight excluding hydrogens is 715 g/mol. The average molecular weight is 744 g/mol. The summed E-state index contributed by atoms with van der Waals surface area (Å²) in [5.74, 6) is -6.24. The second-order valence-corrected chi connectivity index (χ2v) is 14.9. The Morgan fingerprint density at radius 1 is 0.702 bits per heavy atom. The number of nitrogens with two attached hydrogens (primary N) is 2. The van der Waals surface area contributed by atoms with E-state index >= 15 is 0 Å². The van der Waals surface area contributed by atoms with Crippen LogP contribution in [0.25, 0.3) is 0 Å². The summed E-state index contributed by atoms with van der Waals surface area (Å²) in [5.41, 5.74) is 0. The molecule has 0 atom stereocenters. The van der Waals surface area contributed by atoms with Gasteiger partial charge in [0.25, 0.3) is 31.9 Å². The van der Waals surface area contributed by atoms with Crippen LogP contribution in [0.4, 0.5) is 0 Å². The highest BCUT2D eigenvalue weighted by molar-refractivity contribution is 7.91.